The van der Waals surface area contributed by atoms with Gasteiger partial charge in [0.05, 0.1) is 6.54 Å². The van der Waals surface area contributed by atoms with Crippen LogP contribution in [0, 0.1) is 12.8 Å². The smallest absolute Gasteiger partial charge is 0.413 e. The van der Waals surface area contributed by atoms with E-state index in [0.29, 0.717) is 23.9 Å². The van der Waals surface area contributed by atoms with E-state index < -0.39 is 6.36 Å². The first-order valence-corrected chi connectivity index (χ1v) is 11.8. The van der Waals surface area contributed by atoms with Crippen molar-refractivity contribution in [1.29, 1.82) is 0 Å². The molecule has 0 saturated heterocycles. The van der Waals surface area contributed by atoms with Crippen LogP contribution in [0.2, 0.25) is 0 Å². The number of rotatable bonds is 6. The number of pyridine rings is 1. The van der Waals surface area contributed by atoms with Gasteiger partial charge in [0.2, 0.25) is 11.7 Å². The Labute approximate surface area is 205 Å². The molecule has 0 bridgehead atoms. The predicted molar refractivity (Wildman–Crippen MR) is 124 cm³/mol. The van der Waals surface area contributed by atoms with Gasteiger partial charge in [-0.2, -0.15) is 0 Å². The van der Waals surface area contributed by atoms with Gasteiger partial charge in [-0.05, 0) is 67.6 Å². The molecule has 1 aliphatic rings. The quantitative estimate of drug-likeness (QED) is 0.325. The van der Waals surface area contributed by atoms with Crippen LogP contribution in [-0.4, -0.2) is 36.3 Å². The minimum atomic E-state index is -4.76. The third-order valence-electron chi connectivity index (χ3n) is 6.42. The maximum absolute atomic E-state index is 12.4. The van der Waals surface area contributed by atoms with E-state index in [4.69, 9.17) is 4.42 Å². The summed E-state index contributed by atoms with van der Waals surface area (Å²) in [5.41, 5.74) is 2.66. The van der Waals surface area contributed by atoms with Crippen molar-refractivity contribution in [3.63, 3.8) is 0 Å². The van der Waals surface area contributed by atoms with E-state index in [1.54, 1.807) is 4.68 Å². The van der Waals surface area contributed by atoms with Crippen LogP contribution in [0.4, 0.5) is 13.2 Å². The van der Waals surface area contributed by atoms with Gasteiger partial charge in [0, 0.05) is 23.4 Å². The fraction of sp³-hybridized carbons (Fsp3) is 0.400. The zero-order valence-corrected chi connectivity index (χ0v) is 19.9. The van der Waals surface area contributed by atoms with Gasteiger partial charge in [0.15, 0.2) is 0 Å². The van der Waals surface area contributed by atoms with E-state index >= 15 is 0 Å². The maximum Gasteiger partial charge on any atom is 0.573 e. The highest BCUT2D eigenvalue weighted by Gasteiger charge is 2.31. The molecule has 188 valence electrons. The van der Waals surface area contributed by atoms with Crippen LogP contribution in [-0.2, 0) is 6.54 Å². The number of ether oxygens (including phenoxy) is 1. The third-order valence-corrected chi connectivity index (χ3v) is 6.42. The normalized spacial score (nSPS) is 18.4. The topological polar surface area (TPSA) is 91.8 Å². The van der Waals surface area contributed by atoms with Gasteiger partial charge in [-0.1, -0.05) is 19.8 Å². The SMILES string of the molecule is Cc1nc(-c2nnc(-c3ccc(OC(F)(F)F)cc3)o2)nn1Cc1ccnc(C2CCC(C)CC2)c1. The Morgan fingerprint density at radius 1 is 1.03 bits per heavy atom. The Bertz CT molecular complexity index is 1320. The summed E-state index contributed by atoms with van der Waals surface area (Å²) in [6.07, 6.45) is 1.90. The monoisotopic (exact) mass is 498 g/mol. The summed E-state index contributed by atoms with van der Waals surface area (Å²) in [5, 5.41) is 12.5. The summed E-state index contributed by atoms with van der Waals surface area (Å²) in [6.45, 7) is 4.68. The fourth-order valence-electron chi connectivity index (χ4n) is 4.43. The second-order valence-electron chi connectivity index (χ2n) is 9.17. The molecule has 3 aromatic heterocycles. The van der Waals surface area contributed by atoms with Crippen LogP contribution >= 0.6 is 0 Å². The molecule has 1 saturated carbocycles. The molecule has 0 N–H and O–H groups in total. The van der Waals surface area contributed by atoms with Crippen molar-refractivity contribution in [2.45, 2.75) is 58.4 Å². The number of aromatic nitrogens is 6. The van der Waals surface area contributed by atoms with Crippen LogP contribution in [0.3, 0.4) is 0 Å². The molecule has 0 amide bonds. The van der Waals surface area contributed by atoms with Crippen LogP contribution in [0.15, 0.2) is 47.0 Å². The van der Waals surface area contributed by atoms with E-state index in [2.05, 4.69) is 43.0 Å². The Morgan fingerprint density at radius 2 is 1.75 bits per heavy atom. The predicted octanol–water partition coefficient (Wildman–Crippen LogP) is 5.94. The first-order chi connectivity index (χ1) is 17.2. The van der Waals surface area contributed by atoms with Crippen molar-refractivity contribution in [1.82, 2.24) is 29.9 Å². The van der Waals surface area contributed by atoms with Gasteiger partial charge in [0.1, 0.15) is 11.6 Å². The van der Waals surface area contributed by atoms with Crippen LogP contribution in [0.5, 0.6) is 5.75 Å². The van der Waals surface area contributed by atoms with E-state index in [9.17, 15) is 13.2 Å². The molecule has 3 heterocycles. The van der Waals surface area contributed by atoms with Crippen molar-refractivity contribution < 1.29 is 22.3 Å². The standard InChI is InChI=1S/C25H25F3N6O2/c1-15-3-5-18(6-4-15)21-13-17(11-12-29-21)14-34-16(2)30-22(33-34)24-32-31-23(35-24)19-7-9-20(10-8-19)36-25(26,27)28/h7-13,15,18H,3-6,14H2,1-2H3. The molecule has 36 heavy (non-hydrogen) atoms. The number of nitrogens with zero attached hydrogens (tertiary/aromatic N) is 6. The molecule has 0 unspecified atom stereocenters. The molecular formula is C25H25F3N6O2. The largest absolute Gasteiger partial charge is 0.573 e. The van der Waals surface area contributed by atoms with Gasteiger partial charge in [-0.15, -0.1) is 28.5 Å². The molecule has 0 spiro atoms. The minimum absolute atomic E-state index is 0.120. The van der Waals surface area contributed by atoms with Gasteiger partial charge < -0.3 is 9.15 Å². The van der Waals surface area contributed by atoms with Gasteiger partial charge in [0.25, 0.3) is 5.89 Å². The summed E-state index contributed by atoms with van der Waals surface area (Å²) in [7, 11) is 0. The number of hydrogen-bond donors (Lipinski definition) is 0. The fourth-order valence-corrected chi connectivity index (χ4v) is 4.43. The number of halogens is 3. The Morgan fingerprint density at radius 3 is 2.47 bits per heavy atom. The highest BCUT2D eigenvalue weighted by molar-refractivity contribution is 5.55. The number of aryl methyl sites for hydroxylation is 1. The molecule has 4 aromatic rings. The second kappa shape index (κ2) is 9.71. The molecule has 0 radical (unpaired) electrons. The first kappa shape index (κ1) is 24.0. The zero-order valence-electron chi connectivity index (χ0n) is 19.9. The lowest BCUT2D eigenvalue weighted by molar-refractivity contribution is -0.274. The lowest BCUT2D eigenvalue weighted by Crippen LogP contribution is -2.16. The molecule has 0 aliphatic heterocycles. The van der Waals surface area contributed by atoms with Crippen LogP contribution in [0.25, 0.3) is 23.2 Å². The minimum Gasteiger partial charge on any atom is -0.413 e. The summed E-state index contributed by atoms with van der Waals surface area (Å²) >= 11 is 0. The molecule has 1 aliphatic carbocycles. The average Bonchev–Trinajstić information content (AvgIpc) is 3.47. The number of alkyl halides is 3. The van der Waals surface area contributed by atoms with Crippen molar-refractivity contribution in [2.24, 2.45) is 5.92 Å². The van der Waals surface area contributed by atoms with Gasteiger partial charge >= 0.3 is 6.36 Å². The maximum atomic E-state index is 12.4. The summed E-state index contributed by atoms with van der Waals surface area (Å²) in [6, 6.07) is 9.31. The summed E-state index contributed by atoms with van der Waals surface area (Å²) in [5.74, 6) is 2.17. The molecule has 11 heteroatoms. The molecule has 5 rings (SSSR count). The lowest BCUT2D eigenvalue weighted by Gasteiger charge is -2.25. The number of hydrogen-bond acceptors (Lipinski definition) is 7. The molecule has 8 nitrogen and oxygen atoms in total. The van der Waals surface area contributed by atoms with Crippen LogP contribution in [0.1, 0.15) is 55.6 Å². The highest BCUT2D eigenvalue weighted by Crippen LogP contribution is 2.35. The van der Waals surface area contributed by atoms with E-state index in [1.807, 2.05) is 19.2 Å². The molecule has 0 atom stereocenters. The first-order valence-electron chi connectivity index (χ1n) is 11.8. The highest BCUT2D eigenvalue weighted by atomic mass is 19.4. The van der Waals surface area contributed by atoms with Crippen molar-refractivity contribution in [2.75, 3.05) is 0 Å². The van der Waals surface area contributed by atoms with Gasteiger partial charge in [-0.25, -0.2) is 9.67 Å². The Kier molecular flexibility index (Phi) is 6.46. The van der Waals surface area contributed by atoms with E-state index in [0.717, 1.165) is 17.2 Å². The average molecular weight is 499 g/mol. The van der Waals surface area contributed by atoms with E-state index in [-0.39, 0.29) is 23.4 Å². The van der Waals surface area contributed by atoms with Crippen molar-refractivity contribution in [3.8, 4) is 28.9 Å². The summed E-state index contributed by atoms with van der Waals surface area (Å²) < 4.78 is 48.4. The Hall–Kier alpha value is -3.76. The second-order valence-corrected chi connectivity index (χ2v) is 9.17. The molecular weight excluding hydrogens is 473 g/mol. The number of benzene rings is 1. The van der Waals surface area contributed by atoms with E-state index in [1.165, 1.54) is 49.9 Å². The summed E-state index contributed by atoms with van der Waals surface area (Å²) in [4.78, 5) is 9.07. The Balaban J connectivity index is 1.29. The third kappa shape index (κ3) is 5.55. The molecule has 1 aromatic carbocycles. The van der Waals surface area contributed by atoms with Gasteiger partial charge in [-0.3, -0.25) is 4.98 Å². The zero-order chi connectivity index (χ0) is 25.3. The van der Waals surface area contributed by atoms with Crippen molar-refractivity contribution in [3.05, 3.63) is 59.7 Å². The lowest BCUT2D eigenvalue weighted by atomic mass is 9.81. The van der Waals surface area contributed by atoms with Crippen molar-refractivity contribution >= 4 is 0 Å². The van der Waals surface area contributed by atoms with Crippen LogP contribution < -0.4 is 4.74 Å². The molecule has 1 fully saturated rings.